The fourth-order valence-corrected chi connectivity index (χ4v) is 1.63. The first kappa shape index (κ1) is 11.0. The predicted octanol–water partition coefficient (Wildman–Crippen LogP) is 2.28. The Bertz CT molecular complexity index is 576. The maximum atomic E-state index is 10.9. The third-order valence-electron chi connectivity index (χ3n) is 2.51. The van der Waals surface area contributed by atoms with Crippen LogP contribution in [0.15, 0.2) is 36.4 Å². The average molecular weight is 230 g/mol. The van der Waals surface area contributed by atoms with E-state index in [0.717, 1.165) is 0 Å². The Morgan fingerprint density at radius 3 is 2.24 bits per heavy atom. The number of rotatable bonds is 2. The zero-order valence-electron chi connectivity index (χ0n) is 8.79. The van der Waals surface area contributed by atoms with Crippen molar-refractivity contribution < 1.29 is 20.1 Å². The minimum absolute atomic E-state index is 0.294. The molecule has 0 saturated carbocycles. The second-order valence-corrected chi connectivity index (χ2v) is 3.53. The number of phenolic OH excluding ortho intramolecular Hbond substituents is 3. The van der Waals surface area contributed by atoms with Gasteiger partial charge in [-0.2, -0.15) is 0 Å². The van der Waals surface area contributed by atoms with Crippen molar-refractivity contribution in [3.05, 3.63) is 42.0 Å². The van der Waals surface area contributed by atoms with E-state index in [9.17, 15) is 20.1 Å². The lowest BCUT2D eigenvalue weighted by Gasteiger charge is -2.09. The van der Waals surface area contributed by atoms with Crippen molar-refractivity contribution >= 4 is 6.29 Å². The molecule has 2 rings (SSSR count). The first-order valence-corrected chi connectivity index (χ1v) is 4.93. The Morgan fingerprint density at radius 2 is 1.53 bits per heavy atom. The number of phenols is 3. The van der Waals surface area contributed by atoms with Gasteiger partial charge in [-0.25, -0.2) is 0 Å². The van der Waals surface area contributed by atoms with Crippen molar-refractivity contribution in [3.63, 3.8) is 0 Å². The fraction of sp³-hybridized carbons (Fsp3) is 0. The zero-order chi connectivity index (χ0) is 12.4. The van der Waals surface area contributed by atoms with Crippen molar-refractivity contribution in [1.29, 1.82) is 0 Å². The smallest absolute Gasteiger partial charge is 0.200 e. The summed E-state index contributed by atoms with van der Waals surface area (Å²) in [5.41, 5.74) is 1.19. The zero-order valence-corrected chi connectivity index (χ0v) is 8.79. The summed E-state index contributed by atoms with van der Waals surface area (Å²) in [6, 6.07) is 9.36. The van der Waals surface area contributed by atoms with Gasteiger partial charge in [-0.1, -0.05) is 24.3 Å². The van der Waals surface area contributed by atoms with E-state index in [1.165, 1.54) is 12.1 Å². The van der Waals surface area contributed by atoms with Gasteiger partial charge in [0.15, 0.2) is 17.8 Å². The van der Waals surface area contributed by atoms with E-state index in [-0.39, 0.29) is 0 Å². The number of aldehydes is 1. The van der Waals surface area contributed by atoms with Crippen LogP contribution in [-0.4, -0.2) is 21.6 Å². The molecule has 2 aromatic rings. The molecule has 3 N–H and O–H groups in total. The molecule has 17 heavy (non-hydrogen) atoms. The number of hydrogen-bond donors (Lipinski definition) is 3. The monoisotopic (exact) mass is 230 g/mol. The fourth-order valence-electron chi connectivity index (χ4n) is 1.63. The summed E-state index contributed by atoms with van der Waals surface area (Å²) in [6.07, 6.45) is 0.665. The molecule has 4 heteroatoms. The van der Waals surface area contributed by atoms with Gasteiger partial charge in [0, 0.05) is 11.1 Å². The summed E-state index contributed by atoms with van der Waals surface area (Å²) in [4.78, 5) is 10.9. The third-order valence-corrected chi connectivity index (χ3v) is 2.51. The van der Waals surface area contributed by atoms with Gasteiger partial charge in [-0.05, 0) is 17.7 Å². The molecule has 0 spiro atoms. The second-order valence-electron chi connectivity index (χ2n) is 3.53. The minimum Gasteiger partial charge on any atom is -0.504 e. The maximum Gasteiger partial charge on any atom is 0.200 e. The van der Waals surface area contributed by atoms with Gasteiger partial charge in [0.05, 0.1) is 0 Å². The first-order valence-electron chi connectivity index (χ1n) is 4.93. The van der Waals surface area contributed by atoms with E-state index >= 15 is 0 Å². The van der Waals surface area contributed by atoms with Crippen LogP contribution in [0.2, 0.25) is 0 Å². The Labute approximate surface area is 97.4 Å². The molecular formula is C13H10O4. The van der Waals surface area contributed by atoms with E-state index in [1.807, 2.05) is 0 Å². The Morgan fingerprint density at radius 1 is 0.824 bits per heavy atom. The normalized spacial score (nSPS) is 10.1. The first-order chi connectivity index (χ1) is 8.15. The van der Waals surface area contributed by atoms with Gasteiger partial charge in [-0.15, -0.1) is 0 Å². The average Bonchev–Trinajstić information content (AvgIpc) is 2.36. The van der Waals surface area contributed by atoms with Crippen LogP contribution in [0.4, 0.5) is 0 Å². The van der Waals surface area contributed by atoms with Crippen LogP contribution < -0.4 is 0 Å². The lowest BCUT2D eigenvalue weighted by Crippen LogP contribution is -1.87. The van der Waals surface area contributed by atoms with E-state index in [4.69, 9.17) is 0 Å². The van der Waals surface area contributed by atoms with E-state index in [0.29, 0.717) is 23.0 Å². The van der Waals surface area contributed by atoms with Crippen LogP contribution in [-0.2, 0) is 0 Å². The highest BCUT2D eigenvalue weighted by atomic mass is 16.3. The number of hydrogen-bond acceptors (Lipinski definition) is 4. The highest BCUT2D eigenvalue weighted by Crippen LogP contribution is 2.42. The van der Waals surface area contributed by atoms with Crippen LogP contribution in [0.1, 0.15) is 10.4 Å². The molecule has 0 aliphatic rings. The molecule has 86 valence electrons. The molecule has 0 heterocycles. The van der Waals surface area contributed by atoms with Gasteiger partial charge in [0.25, 0.3) is 0 Å². The molecule has 4 nitrogen and oxygen atoms in total. The van der Waals surface area contributed by atoms with E-state index in [2.05, 4.69) is 0 Å². The molecule has 0 saturated heterocycles. The quantitative estimate of drug-likeness (QED) is 0.546. The lowest BCUT2D eigenvalue weighted by molar-refractivity contribution is 0.112. The Balaban J connectivity index is 2.69. The lowest BCUT2D eigenvalue weighted by atomic mass is 9.99. The highest BCUT2D eigenvalue weighted by Gasteiger charge is 2.14. The number of aromatic hydroxyl groups is 3. The predicted molar refractivity (Wildman–Crippen MR) is 62.3 cm³/mol. The topological polar surface area (TPSA) is 77.8 Å². The standard InChI is InChI=1S/C13H10O4/c14-7-8-3-1-2-4-9(8)10-5-6-11(15)13(17)12(10)16/h1-7,15-17H. The van der Waals surface area contributed by atoms with Crippen LogP contribution in [0.25, 0.3) is 11.1 Å². The highest BCUT2D eigenvalue weighted by molar-refractivity contribution is 5.90. The van der Waals surface area contributed by atoms with Crippen LogP contribution in [0, 0.1) is 0 Å². The molecule has 0 aliphatic carbocycles. The Kier molecular flexibility index (Phi) is 2.70. The minimum atomic E-state index is -0.594. The SMILES string of the molecule is O=Cc1ccccc1-c1ccc(O)c(O)c1O. The van der Waals surface area contributed by atoms with Crippen molar-refractivity contribution in [1.82, 2.24) is 0 Å². The van der Waals surface area contributed by atoms with Gasteiger partial charge >= 0.3 is 0 Å². The molecule has 0 radical (unpaired) electrons. The molecule has 0 bridgehead atoms. The van der Waals surface area contributed by atoms with Gasteiger partial charge in [0.2, 0.25) is 5.75 Å². The summed E-state index contributed by atoms with van der Waals surface area (Å²) >= 11 is 0. The molecule has 0 atom stereocenters. The van der Waals surface area contributed by atoms with E-state index in [1.54, 1.807) is 24.3 Å². The van der Waals surface area contributed by atoms with Crippen LogP contribution >= 0.6 is 0 Å². The third kappa shape index (κ3) is 1.80. The molecule has 0 fully saturated rings. The van der Waals surface area contributed by atoms with Gasteiger partial charge < -0.3 is 15.3 Å². The molecular weight excluding hydrogens is 220 g/mol. The summed E-state index contributed by atoms with van der Waals surface area (Å²) in [7, 11) is 0. The molecule has 0 aromatic heterocycles. The molecule has 0 unspecified atom stereocenters. The molecule has 2 aromatic carbocycles. The largest absolute Gasteiger partial charge is 0.504 e. The van der Waals surface area contributed by atoms with Crippen LogP contribution in [0.3, 0.4) is 0 Å². The summed E-state index contributed by atoms with van der Waals surface area (Å²) < 4.78 is 0. The number of carbonyl (C=O) groups is 1. The Hall–Kier alpha value is -2.49. The summed E-state index contributed by atoms with van der Waals surface area (Å²) in [5, 5.41) is 28.4. The van der Waals surface area contributed by atoms with E-state index < -0.39 is 17.2 Å². The summed E-state index contributed by atoms with van der Waals surface area (Å²) in [5.74, 6) is -1.45. The maximum absolute atomic E-state index is 10.9. The number of carbonyl (C=O) groups excluding carboxylic acids is 1. The summed E-state index contributed by atoms with van der Waals surface area (Å²) in [6.45, 7) is 0. The van der Waals surface area contributed by atoms with Crippen LogP contribution in [0.5, 0.6) is 17.2 Å². The second kappa shape index (κ2) is 4.17. The van der Waals surface area contributed by atoms with Gasteiger partial charge in [-0.3, -0.25) is 4.79 Å². The molecule has 0 amide bonds. The van der Waals surface area contributed by atoms with Crippen molar-refractivity contribution in [3.8, 4) is 28.4 Å². The van der Waals surface area contributed by atoms with Crippen molar-refractivity contribution in [2.24, 2.45) is 0 Å². The molecule has 0 aliphatic heterocycles. The van der Waals surface area contributed by atoms with Crippen molar-refractivity contribution in [2.75, 3.05) is 0 Å². The van der Waals surface area contributed by atoms with Crippen molar-refractivity contribution in [2.45, 2.75) is 0 Å². The number of benzene rings is 2. The van der Waals surface area contributed by atoms with Gasteiger partial charge in [0.1, 0.15) is 0 Å².